The lowest BCUT2D eigenvalue weighted by molar-refractivity contribution is 0.105. The van der Waals surface area contributed by atoms with E-state index in [2.05, 4.69) is 31.3 Å². The molecule has 0 aliphatic heterocycles. The molecule has 2 unspecified atom stereocenters. The molecule has 0 aliphatic rings. The zero-order chi connectivity index (χ0) is 14.4. The maximum Gasteiger partial charge on any atom is 0.134 e. The van der Waals surface area contributed by atoms with Crippen molar-refractivity contribution in [2.45, 2.75) is 45.3 Å². The SMILES string of the molecule is CCCNC(CCC(C)OC)c1cc2ccccc2o1. The van der Waals surface area contributed by atoms with E-state index in [1.54, 1.807) is 7.11 Å². The molecule has 20 heavy (non-hydrogen) atoms. The van der Waals surface area contributed by atoms with E-state index in [1.165, 1.54) is 5.39 Å². The molecule has 110 valence electrons. The zero-order valence-electron chi connectivity index (χ0n) is 12.7. The van der Waals surface area contributed by atoms with Gasteiger partial charge in [-0.25, -0.2) is 0 Å². The molecular formula is C17H25NO2. The average molecular weight is 275 g/mol. The number of fused-ring (bicyclic) bond motifs is 1. The lowest BCUT2D eigenvalue weighted by atomic mass is 10.1. The van der Waals surface area contributed by atoms with E-state index in [1.807, 2.05) is 18.2 Å². The lowest BCUT2D eigenvalue weighted by Gasteiger charge is -2.18. The van der Waals surface area contributed by atoms with Crippen molar-refractivity contribution in [1.29, 1.82) is 0 Å². The van der Waals surface area contributed by atoms with Gasteiger partial charge in [0.1, 0.15) is 11.3 Å². The molecule has 0 saturated carbocycles. The minimum atomic E-state index is 0.264. The average Bonchev–Trinajstić information content (AvgIpc) is 2.90. The topological polar surface area (TPSA) is 34.4 Å². The van der Waals surface area contributed by atoms with E-state index in [0.717, 1.165) is 37.2 Å². The Morgan fingerprint density at radius 2 is 2.05 bits per heavy atom. The molecule has 0 bridgehead atoms. The summed E-state index contributed by atoms with van der Waals surface area (Å²) >= 11 is 0. The predicted octanol–water partition coefficient (Wildman–Crippen LogP) is 4.29. The van der Waals surface area contributed by atoms with Crippen LogP contribution >= 0.6 is 0 Å². The van der Waals surface area contributed by atoms with Gasteiger partial charge in [-0.2, -0.15) is 0 Å². The summed E-state index contributed by atoms with van der Waals surface area (Å²) in [4.78, 5) is 0. The number of para-hydroxylation sites is 1. The second-order valence-corrected chi connectivity index (χ2v) is 5.32. The highest BCUT2D eigenvalue weighted by molar-refractivity contribution is 5.77. The van der Waals surface area contributed by atoms with E-state index in [4.69, 9.17) is 9.15 Å². The fourth-order valence-corrected chi connectivity index (χ4v) is 2.36. The molecular weight excluding hydrogens is 250 g/mol. The van der Waals surface area contributed by atoms with Gasteiger partial charge in [0.05, 0.1) is 12.1 Å². The lowest BCUT2D eigenvalue weighted by Crippen LogP contribution is -2.23. The number of hydrogen-bond donors (Lipinski definition) is 1. The standard InChI is InChI=1S/C17H25NO2/c1-4-11-18-15(10-9-13(2)19-3)17-12-14-7-5-6-8-16(14)20-17/h5-8,12-13,15,18H,4,9-11H2,1-3H3. The first-order valence-corrected chi connectivity index (χ1v) is 7.49. The summed E-state index contributed by atoms with van der Waals surface area (Å²) in [6, 6.07) is 10.6. The van der Waals surface area contributed by atoms with Gasteiger partial charge in [0.2, 0.25) is 0 Å². The van der Waals surface area contributed by atoms with E-state index in [0.29, 0.717) is 0 Å². The molecule has 0 spiro atoms. The van der Waals surface area contributed by atoms with Crippen molar-refractivity contribution < 1.29 is 9.15 Å². The maximum absolute atomic E-state index is 5.99. The summed E-state index contributed by atoms with van der Waals surface area (Å²) in [5.41, 5.74) is 0.964. The highest BCUT2D eigenvalue weighted by Gasteiger charge is 2.16. The first kappa shape index (κ1) is 15.1. The summed E-state index contributed by atoms with van der Waals surface area (Å²) in [6.07, 6.45) is 3.45. The van der Waals surface area contributed by atoms with Crippen LogP contribution in [0.25, 0.3) is 11.0 Å². The fourth-order valence-electron chi connectivity index (χ4n) is 2.36. The van der Waals surface area contributed by atoms with Crippen molar-refractivity contribution in [3.63, 3.8) is 0 Å². The van der Waals surface area contributed by atoms with Gasteiger partial charge in [0.15, 0.2) is 0 Å². The van der Waals surface area contributed by atoms with Crippen LogP contribution in [0.2, 0.25) is 0 Å². The number of ether oxygens (including phenoxy) is 1. The van der Waals surface area contributed by atoms with Crippen LogP contribution in [0, 0.1) is 0 Å². The Hall–Kier alpha value is -1.32. The van der Waals surface area contributed by atoms with Crippen molar-refractivity contribution in [1.82, 2.24) is 5.32 Å². The third-order valence-corrected chi connectivity index (χ3v) is 3.69. The minimum Gasteiger partial charge on any atom is -0.459 e. The monoisotopic (exact) mass is 275 g/mol. The summed E-state index contributed by atoms with van der Waals surface area (Å²) < 4.78 is 11.3. The number of nitrogens with one attached hydrogen (secondary N) is 1. The molecule has 3 heteroatoms. The van der Waals surface area contributed by atoms with Crippen LogP contribution in [0.4, 0.5) is 0 Å². The third kappa shape index (κ3) is 3.84. The second kappa shape index (κ2) is 7.46. The van der Waals surface area contributed by atoms with Crippen LogP contribution in [0.5, 0.6) is 0 Å². The highest BCUT2D eigenvalue weighted by atomic mass is 16.5. The van der Waals surface area contributed by atoms with Crippen molar-refractivity contribution >= 4 is 11.0 Å². The van der Waals surface area contributed by atoms with Crippen LogP contribution in [0.1, 0.15) is 44.9 Å². The van der Waals surface area contributed by atoms with Gasteiger partial charge >= 0.3 is 0 Å². The van der Waals surface area contributed by atoms with Gasteiger partial charge in [-0.15, -0.1) is 0 Å². The van der Waals surface area contributed by atoms with Crippen molar-refractivity contribution in [3.8, 4) is 0 Å². The van der Waals surface area contributed by atoms with Gasteiger partial charge in [0.25, 0.3) is 0 Å². The molecule has 0 amide bonds. The Balaban J connectivity index is 2.11. The highest BCUT2D eigenvalue weighted by Crippen LogP contribution is 2.27. The molecule has 1 heterocycles. The number of rotatable bonds is 8. The van der Waals surface area contributed by atoms with Crippen molar-refractivity contribution in [2.75, 3.05) is 13.7 Å². The Bertz CT molecular complexity index is 487. The molecule has 0 fully saturated rings. The summed E-state index contributed by atoms with van der Waals surface area (Å²) in [7, 11) is 1.76. The van der Waals surface area contributed by atoms with Crippen LogP contribution in [0.3, 0.4) is 0 Å². The van der Waals surface area contributed by atoms with Crippen LogP contribution in [-0.2, 0) is 4.74 Å². The quantitative estimate of drug-likeness (QED) is 0.780. The smallest absolute Gasteiger partial charge is 0.134 e. The normalized spacial score (nSPS) is 14.6. The predicted molar refractivity (Wildman–Crippen MR) is 83.0 cm³/mol. The molecule has 1 aromatic heterocycles. The molecule has 2 aromatic rings. The summed E-state index contributed by atoms with van der Waals surface area (Å²) in [5, 5.41) is 4.75. The van der Waals surface area contributed by atoms with Crippen LogP contribution in [-0.4, -0.2) is 19.8 Å². The molecule has 0 radical (unpaired) electrons. The number of furan rings is 1. The second-order valence-electron chi connectivity index (χ2n) is 5.32. The summed E-state index contributed by atoms with van der Waals surface area (Å²) in [6.45, 7) is 5.29. The Morgan fingerprint density at radius 3 is 2.75 bits per heavy atom. The van der Waals surface area contributed by atoms with Gasteiger partial charge in [-0.05, 0) is 44.9 Å². The fraction of sp³-hybridized carbons (Fsp3) is 0.529. The van der Waals surface area contributed by atoms with E-state index >= 15 is 0 Å². The minimum absolute atomic E-state index is 0.264. The molecule has 3 nitrogen and oxygen atoms in total. The van der Waals surface area contributed by atoms with Crippen LogP contribution in [0.15, 0.2) is 34.7 Å². The summed E-state index contributed by atoms with van der Waals surface area (Å²) in [5.74, 6) is 1.03. The number of benzene rings is 1. The Kier molecular flexibility index (Phi) is 5.62. The first-order chi connectivity index (χ1) is 9.74. The Morgan fingerprint density at radius 1 is 1.25 bits per heavy atom. The van der Waals surface area contributed by atoms with E-state index < -0.39 is 0 Å². The molecule has 0 saturated heterocycles. The third-order valence-electron chi connectivity index (χ3n) is 3.69. The van der Waals surface area contributed by atoms with Crippen molar-refractivity contribution in [2.24, 2.45) is 0 Å². The molecule has 1 aromatic carbocycles. The number of methoxy groups -OCH3 is 1. The van der Waals surface area contributed by atoms with E-state index in [-0.39, 0.29) is 12.1 Å². The maximum atomic E-state index is 5.99. The Labute approximate surface area is 121 Å². The van der Waals surface area contributed by atoms with Gasteiger partial charge in [0, 0.05) is 12.5 Å². The van der Waals surface area contributed by atoms with E-state index in [9.17, 15) is 0 Å². The van der Waals surface area contributed by atoms with Gasteiger partial charge in [-0.1, -0.05) is 25.1 Å². The molecule has 0 aliphatic carbocycles. The molecule has 2 atom stereocenters. The first-order valence-electron chi connectivity index (χ1n) is 7.49. The largest absolute Gasteiger partial charge is 0.459 e. The zero-order valence-corrected chi connectivity index (χ0v) is 12.7. The molecule has 1 N–H and O–H groups in total. The molecule has 2 rings (SSSR count). The van der Waals surface area contributed by atoms with Gasteiger partial charge < -0.3 is 14.5 Å². The number of hydrogen-bond acceptors (Lipinski definition) is 3. The van der Waals surface area contributed by atoms with Gasteiger partial charge in [-0.3, -0.25) is 0 Å². The van der Waals surface area contributed by atoms with Crippen LogP contribution < -0.4 is 5.32 Å². The van der Waals surface area contributed by atoms with Crippen molar-refractivity contribution in [3.05, 3.63) is 36.1 Å².